The highest BCUT2D eigenvalue weighted by atomic mass is 35.5. The number of hydrogen-bond acceptors (Lipinski definition) is 3. The normalized spacial score (nSPS) is 10.2. The number of benzene rings is 1. The minimum Gasteiger partial charge on any atom is -0.306 e. The first-order chi connectivity index (χ1) is 8.47. The number of hydrogen-bond donors (Lipinski definition) is 0. The molecule has 1 aromatic carbocycles. The fourth-order valence-electron chi connectivity index (χ4n) is 1.34. The van der Waals surface area contributed by atoms with Gasteiger partial charge in [0.15, 0.2) is 4.84 Å². The van der Waals surface area contributed by atoms with E-state index in [1.54, 1.807) is 6.07 Å². The highest BCUT2D eigenvalue weighted by Crippen LogP contribution is 2.23. The van der Waals surface area contributed by atoms with Crippen LogP contribution < -0.4 is 4.90 Å². The zero-order valence-corrected chi connectivity index (χ0v) is 10.8. The third kappa shape index (κ3) is 3.45. The molecular weight excluding hydrogens is 279 g/mol. The lowest BCUT2D eigenvalue weighted by Gasteiger charge is -2.21. The molecule has 5 nitrogen and oxygen atoms in total. The number of halogens is 2. The van der Waals surface area contributed by atoms with E-state index in [0.29, 0.717) is 5.69 Å². The van der Waals surface area contributed by atoms with E-state index in [0.717, 1.165) is 0 Å². The zero-order valence-electron chi connectivity index (χ0n) is 9.25. The molecule has 0 heterocycles. The Balaban J connectivity index is 3.13. The molecule has 1 aromatic rings. The molecule has 96 valence electrons. The van der Waals surface area contributed by atoms with Crippen molar-refractivity contribution >= 4 is 40.5 Å². The lowest BCUT2D eigenvalue weighted by molar-refractivity contribution is -0.384. The summed E-state index contributed by atoms with van der Waals surface area (Å²) in [6.07, 6.45) is 1.48. The summed E-state index contributed by atoms with van der Waals surface area (Å²) in [5.41, 5.74) is 0.232. The molecule has 18 heavy (non-hydrogen) atoms. The van der Waals surface area contributed by atoms with Crippen LogP contribution in [0.25, 0.3) is 0 Å². The van der Waals surface area contributed by atoms with Crippen LogP contribution >= 0.6 is 23.2 Å². The lowest BCUT2D eigenvalue weighted by atomic mass is 10.2. The van der Waals surface area contributed by atoms with Gasteiger partial charge in [-0.3, -0.25) is 14.9 Å². The smallest absolute Gasteiger partial charge is 0.271 e. The lowest BCUT2D eigenvalue weighted by Crippen LogP contribution is -2.35. The summed E-state index contributed by atoms with van der Waals surface area (Å²) >= 11 is 11.0. The number of carbonyl (C=O) groups excluding carboxylic acids is 1. The van der Waals surface area contributed by atoms with Gasteiger partial charge in [0.1, 0.15) is 0 Å². The Bertz CT molecular complexity index is 477. The molecular formula is C11H10Cl2N2O3. The highest BCUT2D eigenvalue weighted by molar-refractivity contribution is 6.54. The molecule has 0 aliphatic carbocycles. The van der Waals surface area contributed by atoms with Crippen LogP contribution in [0.3, 0.4) is 0 Å². The number of non-ortho nitro benzene ring substituents is 1. The first-order valence-corrected chi connectivity index (χ1v) is 5.79. The van der Waals surface area contributed by atoms with Gasteiger partial charge in [0.05, 0.1) is 10.6 Å². The summed E-state index contributed by atoms with van der Waals surface area (Å²) in [6, 6.07) is 5.65. The second kappa shape index (κ2) is 6.37. The van der Waals surface area contributed by atoms with E-state index in [9.17, 15) is 14.9 Å². The molecule has 0 saturated carbocycles. The molecule has 0 fully saturated rings. The fourth-order valence-corrected chi connectivity index (χ4v) is 1.58. The van der Waals surface area contributed by atoms with Gasteiger partial charge in [-0.25, -0.2) is 0 Å². The third-order valence-electron chi connectivity index (χ3n) is 2.12. The Labute approximate surface area is 114 Å². The van der Waals surface area contributed by atoms with Gasteiger partial charge in [-0.15, -0.1) is 6.58 Å². The maximum atomic E-state index is 11.8. The third-order valence-corrected chi connectivity index (χ3v) is 2.49. The number of amides is 1. The molecule has 0 unspecified atom stereocenters. The van der Waals surface area contributed by atoms with E-state index in [1.165, 1.54) is 29.2 Å². The van der Waals surface area contributed by atoms with Crippen LogP contribution in [0.4, 0.5) is 11.4 Å². The minimum absolute atomic E-state index is 0.116. The van der Waals surface area contributed by atoms with Crippen LogP contribution in [-0.4, -0.2) is 22.2 Å². The van der Waals surface area contributed by atoms with E-state index < -0.39 is 15.7 Å². The van der Waals surface area contributed by atoms with Crippen LogP contribution in [0.5, 0.6) is 0 Å². The molecule has 0 bridgehead atoms. The average molecular weight is 289 g/mol. The Morgan fingerprint density at radius 3 is 2.72 bits per heavy atom. The summed E-state index contributed by atoms with van der Waals surface area (Å²) < 4.78 is 0. The molecule has 1 amide bonds. The van der Waals surface area contributed by atoms with Crippen molar-refractivity contribution in [2.24, 2.45) is 0 Å². The average Bonchev–Trinajstić information content (AvgIpc) is 2.35. The summed E-state index contributed by atoms with van der Waals surface area (Å²) in [5.74, 6) is -0.557. The second-order valence-electron chi connectivity index (χ2n) is 3.32. The standard InChI is InChI=1S/C11H10Cl2N2O3/c1-2-6-14(11(16)10(12)13)8-4-3-5-9(7-8)15(17)18/h2-5,7,10H,1,6H2. The van der Waals surface area contributed by atoms with E-state index in [-0.39, 0.29) is 12.2 Å². The zero-order chi connectivity index (χ0) is 13.7. The SMILES string of the molecule is C=CCN(C(=O)C(Cl)Cl)c1cccc([N+](=O)[O-])c1. The predicted octanol–water partition coefficient (Wildman–Crippen LogP) is 2.92. The predicted molar refractivity (Wildman–Crippen MR) is 71.1 cm³/mol. The van der Waals surface area contributed by atoms with Crippen molar-refractivity contribution in [2.75, 3.05) is 11.4 Å². The van der Waals surface area contributed by atoms with Crippen molar-refractivity contribution in [3.8, 4) is 0 Å². The highest BCUT2D eigenvalue weighted by Gasteiger charge is 2.22. The van der Waals surface area contributed by atoms with E-state index in [1.807, 2.05) is 0 Å². The Kier molecular flexibility index (Phi) is 5.12. The van der Waals surface area contributed by atoms with Crippen molar-refractivity contribution in [1.82, 2.24) is 0 Å². The quantitative estimate of drug-likeness (QED) is 0.362. The molecule has 0 saturated heterocycles. The number of nitro benzene ring substituents is 1. The van der Waals surface area contributed by atoms with Crippen LogP contribution in [0.15, 0.2) is 36.9 Å². The van der Waals surface area contributed by atoms with Gasteiger partial charge < -0.3 is 4.90 Å². The van der Waals surface area contributed by atoms with Gasteiger partial charge in [-0.1, -0.05) is 35.3 Å². The van der Waals surface area contributed by atoms with Crippen LogP contribution in [0.2, 0.25) is 0 Å². The van der Waals surface area contributed by atoms with Crippen LogP contribution in [0.1, 0.15) is 0 Å². The van der Waals surface area contributed by atoms with Crippen LogP contribution in [0, 0.1) is 10.1 Å². The van der Waals surface area contributed by atoms with Gasteiger partial charge in [0, 0.05) is 18.7 Å². The van der Waals surface area contributed by atoms with E-state index in [2.05, 4.69) is 6.58 Å². The van der Waals surface area contributed by atoms with E-state index >= 15 is 0 Å². The van der Waals surface area contributed by atoms with Crippen LogP contribution in [-0.2, 0) is 4.79 Å². The molecule has 0 aliphatic rings. The van der Waals surface area contributed by atoms with Crippen molar-refractivity contribution in [2.45, 2.75) is 4.84 Å². The first-order valence-electron chi connectivity index (χ1n) is 4.92. The van der Waals surface area contributed by atoms with Gasteiger partial charge in [0.25, 0.3) is 11.6 Å². The molecule has 0 radical (unpaired) electrons. The summed E-state index contributed by atoms with van der Waals surface area (Å²) in [5, 5.41) is 10.7. The van der Waals surface area contributed by atoms with Crippen molar-refractivity contribution in [3.63, 3.8) is 0 Å². The number of nitro groups is 1. The van der Waals surface area contributed by atoms with Gasteiger partial charge in [0.2, 0.25) is 0 Å². The van der Waals surface area contributed by atoms with Gasteiger partial charge in [-0.05, 0) is 6.07 Å². The van der Waals surface area contributed by atoms with Crippen molar-refractivity contribution in [1.29, 1.82) is 0 Å². The topological polar surface area (TPSA) is 63.5 Å². The Morgan fingerprint density at radius 1 is 1.56 bits per heavy atom. The molecule has 7 heteroatoms. The number of anilines is 1. The molecule has 0 aromatic heterocycles. The molecule has 0 N–H and O–H groups in total. The monoisotopic (exact) mass is 288 g/mol. The molecule has 0 atom stereocenters. The molecule has 0 aliphatic heterocycles. The summed E-state index contributed by atoms with van der Waals surface area (Å²) in [7, 11) is 0. The number of rotatable bonds is 5. The Morgan fingerprint density at radius 2 is 2.22 bits per heavy atom. The van der Waals surface area contributed by atoms with Crippen molar-refractivity contribution < 1.29 is 9.72 Å². The second-order valence-corrected chi connectivity index (χ2v) is 4.41. The maximum Gasteiger partial charge on any atom is 0.271 e. The van der Waals surface area contributed by atoms with E-state index in [4.69, 9.17) is 23.2 Å². The first kappa shape index (κ1) is 14.5. The van der Waals surface area contributed by atoms with Gasteiger partial charge >= 0.3 is 0 Å². The minimum atomic E-state index is -1.23. The molecule has 0 spiro atoms. The van der Waals surface area contributed by atoms with Gasteiger partial charge in [-0.2, -0.15) is 0 Å². The number of alkyl halides is 2. The fraction of sp³-hybridized carbons (Fsp3) is 0.182. The largest absolute Gasteiger partial charge is 0.306 e. The molecule has 1 rings (SSSR count). The number of nitrogens with zero attached hydrogens (tertiary/aromatic N) is 2. The number of carbonyl (C=O) groups is 1. The van der Waals surface area contributed by atoms with Crippen molar-refractivity contribution in [3.05, 3.63) is 47.0 Å². The maximum absolute atomic E-state index is 11.8. The summed E-state index contributed by atoms with van der Waals surface area (Å²) in [6.45, 7) is 3.67. The summed E-state index contributed by atoms with van der Waals surface area (Å²) in [4.78, 5) is 21.9. The Hall–Kier alpha value is -1.59.